The van der Waals surface area contributed by atoms with Crippen LogP contribution < -0.4 is 5.32 Å². The third kappa shape index (κ3) is 4.76. The Morgan fingerprint density at radius 2 is 1.70 bits per heavy atom. The molecule has 0 spiro atoms. The van der Waals surface area contributed by atoms with E-state index in [9.17, 15) is 14.0 Å². The Labute approximate surface area is 176 Å². The number of carbonyl (C=O) groups excluding carboxylic acids is 2. The normalized spacial score (nSPS) is 14.3. The number of imide groups is 1. The third-order valence-corrected chi connectivity index (χ3v) is 5.05. The number of hydrogen-bond acceptors (Lipinski definition) is 4. The van der Waals surface area contributed by atoms with Gasteiger partial charge in [0.15, 0.2) is 0 Å². The number of amides is 2. The van der Waals surface area contributed by atoms with Gasteiger partial charge in [-0.3, -0.25) is 14.5 Å². The number of anilines is 1. The van der Waals surface area contributed by atoms with E-state index in [1.807, 2.05) is 45.9 Å². The van der Waals surface area contributed by atoms with E-state index < -0.39 is 0 Å². The van der Waals surface area contributed by atoms with E-state index in [1.165, 1.54) is 29.2 Å². The summed E-state index contributed by atoms with van der Waals surface area (Å²) in [6.45, 7) is 8.58. The molecule has 0 unspecified atom stereocenters. The molecular formula is C24H27FN2O3. The topological polar surface area (TPSA) is 58.6 Å². The van der Waals surface area contributed by atoms with E-state index in [2.05, 4.69) is 5.32 Å². The summed E-state index contributed by atoms with van der Waals surface area (Å²) in [4.78, 5) is 27.6. The predicted octanol–water partition coefficient (Wildman–Crippen LogP) is 4.45. The number of nitrogens with zero attached hydrogens (tertiary/aromatic N) is 1. The maximum Gasteiger partial charge on any atom is 0.278 e. The van der Waals surface area contributed by atoms with Gasteiger partial charge in [-0.1, -0.05) is 18.2 Å². The van der Waals surface area contributed by atoms with Crippen molar-refractivity contribution in [1.29, 1.82) is 0 Å². The van der Waals surface area contributed by atoms with Gasteiger partial charge in [-0.15, -0.1) is 0 Å². The van der Waals surface area contributed by atoms with Gasteiger partial charge in [0.05, 0.1) is 11.7 Å². The van der Waals surface area contributed by atoms with E-state index in [0.29, 0.717) is 29.9 Å². The summed E-state index contributed by atoms with van der Waals surface area (Å²) < 4.78 is 18.8. The van der Waals surface area contributed by atoms with Gasteiger partial charge in [0.2, 0.25) is 0 Å². The fraction of sp³-hybridized carbons (Fsp3) is 0.333. The van der Waals surface area contributed by atoms with Crippen LogP contribution in [0.3, 0.4) is 0 Å². The van der Waals surface area contributed by atoms with Crippen molar-refractivity contribution in [2.75, 3.05) is 18.5 Å². The highest BCUT2D eigenvalue weighted by atomic mass is 19.1. The van der Waals surface area contributed by atoms with E-state index in [1.54, 1.807) is 0 Å². The minimum Gasteiger partial charge on any atom is -0.379 e. The second-order valence-corrected chi connectivity index (χ2v) is 7.72. The summed E-state index contributed by atoms with van der Waals surface area (Å²) in [5.74, 6) is -1.09. The lowest BCUT2D eigenvalue weighted by atomic mass is 9.99. The van der Waals surface area contributed by atoms with Gasteiger partial charge < -0.3 is 10.1 Å². The number of ether oxygens (including phenoxy) is 1. The average Bonchev–Trinajstić information content (AvgIpc) is 2.93. The van der Waals surface area contributed by atoms with Gasteiger partial charge in [-0.2, -0.15) is 0 Å². The van der Waals surface area contributed by atoms with Crippen LogP contribution in [0.25, 0.3) is 5.57 Å². The van der Waals surface area contributed by atoms with Gasteiger partial charge in [0, 0.05) is 18.8 Å². The molecule has 0 saturated carbocycles. The fourth-order valence-electron chi connectivity index (χ4n) is 3.28. The Kier molecular flexibility index (Phi) is 6.67. The highest BCUT2D eigenvalue weighted by molar-refractivity contribution is 6.36. The molecule has 0 atom stereocenters. The zero-order chi connectivity index (χ0) is 21.8. The zero-order valence-corrected chi connectivity index (χ0v) is 17.8. The van der Waals surface area contributed by atoms with Crippen molar-refractivity contribution in [2.24, 2.45) is 0 Å². The molecule has 3 rings (SSSR count). The Bertz CT molecular complexity index is 980. The summed E-state index contributed by atoms with van der Waals surface area (Å²) in [6.07, 6.45) is 0.648. The molecule has 0 bridgehead atoms. The van der Waals surface area contributed by atoms with Gasteiger partial charge in [0.1, 0.15) is 11.5 Å². The molecule has 1 aliphatic heterocycles. The maximum atomic E-state index is 13.3. The molecule has 5 nitrogen and oxygen atoms in total. The molecule has 0 aliphatic carbocycles. The lowest BCUT2D eigenvalue weighted by Gasteiger charge is -2.16. The molecule has 158 valence electrons. The number of hydrogen-bond donors (Lipinski definition) is 1. The lowest BCUT2D eigenvalue weighted by molar-refractivity contribution is -0.137. The summed E-state index contributed by atoms with van der Waals surface area (Å²) >= 11 is 0. The highest BCUT2D eigenvalue weighted by Gasteiger charge is 2.39. The lowest BCUT2D eigenvalue weighted by Crippen LogP contribution is -2.34. The maximum absolute atomic E-state index is 13.3. The quantitative estimate of drug-likeness (QED) is 0.516. The number of nitrogens with one attached hydrogen (secondary N) is 1. The number of aryl methyl sites for hydroxylation is 2. The molecule has 1 N–H and O–H groups in total. The number of rotatable bonds is 8. The molecule has 30 heavy (non-hydrogen) atoms. The van der Waals surface area contributed by atoms with Crippen LogP contribution in [0.1, 0.15) is 37.0 Å². The van der Waals surface area contributed by atoms with Crippen molar-refractivity contribution in [2.45, 2.75) is 40.2 Å². The molecule has 0 fully saturated rings. The van der Waals surface area contributed by atoms with Crippen molar-refractivity contribution >= 4 is 23.1 Å². The molecule has 2 aromatic rings. The Hall–Kier alpha value is -2.99. The van der Waals surface area contributed by atoms with E-state index in [-0.39, 0.29) is 36.0 Å². The first-order valence-electron chi connectivity index (χ1n) is 10.1. The molecular weight excluding hydrogens is 383 g/mol. The molecule has 0 radical (unpaired) electrons. The van der Waals surface area contributed by atoms with Crippen molar-refractivity contribution in [1.82, 2.24) is 4.90 Å². The molecule has 1 heterocycles. The fourth-order valence-corrected chi connectivity index (χ4v) is 3.28. The standard InChI is InChI=1S/C24H27FN2O3/c1-15(2)30-13-5-12-27-23(28)21(18-7-6-16(3)17(4)14-18)22(24(27)29)26-20-10-8-19(25)9-11-20/h6-11,14-15,26H,5,12-13H2,1-4H3. The molecule has 0 saturated heterocycles. The van der Waals surface area contributed by atoms with Crippen LogP contribution in [0.2, 0.25) is 0 Å². The first-order chi connectivity index (χ1) is 14.3. The number of halogens is 1. The second-order valence-electron chi connectivity index (χ2n) is 7.72. The predicted molar refractivity (Wildman–Crippen MR) is 115 cm³/mol. The van der Waals surface area contributed by atoms with Crippen LogP contribution in [0.4, 0.5) is 10.1 Å². The molecule has 6 heteroatoms. The largest absolute Gasteiger partial charge is 0.379 e. The van der Waals surface area contributed by atoms with Crippen LogP contribution in [0.5, 0.6) is 0 Å². The second kappa shape index (κ2) is 9.22. The first kappa shape index (κ1) is 21.7. The first-order valence-corrected chi connectivity index (χ1v) is 10.1. The van der Waals surface area contributed by atoms with Crippen LogP contribution in [-0.4, -0.2) is 36.0 Å². The van der Waals surface area contributed by atoms with Crippen LogP contribution >= 0.6 is 0 Å². The van der Waals surface area contributed by atoms with Gasteiger partial charge in [0.25, 0.3) is 11.8 Å². The third-order valence-electron chi connectivity index (χ3n) is 5.05. The van der Waals surface area contributed by atoms with E-state index in [0.717, 1.165) is 11.1 Å². The van der Waals surface area contributed by atoms with E-state index in [4.69, 9.17) is 4.74 Å². The monoisotopic (exact) mass is 410 g/mol. The summed E-state index contributed by atoms with van der Waals surface area (Å²) in [5, 5.41) is 3.04. The van der Waals surface area contributed by atoms with Crippen molar-refractivity contribution in [3.63, 3.8) is 0 Å². The number of benzene rings is 2. The number of carbonyl (C=O) groups is 2. The Morgan fingerprint density at radius 3 is 2.33 bits per heavy atom. The van der Waals surface area contributed by atoms with Crippen LogP contribution in [0.15, 0.2) is 48.2 Å². The van der Waals surface area contributed by atoms with Crippen LogP contribution in [-0.2, 0) is 14.3 Å². The van der Waals surface area contributed by atoms with Gasteiger partial charge >= 0.3 is 0 Å². The average molecular weight is 410 g/mol. The minimum atomic E-state index is -0.387. The zero-order valence-electron chi connectivity index (χ0n) is 17.8. The Morgan fingerprint density at radius 1 is 1.00 bits per heavy atom. The van der Waals surface area contributed by atoms with Crippen molar-refractivity contribution in [3.8, 4) is 0 Å². The molecule has 0 aromatic heterocycles. The molecule has 2 amide bonds. The van der Waals surface area contributed by atoms with Crippen molar-refractivity contribution < 1.29 is 18.7 Å². The van der Waals surface area contributed by atoms with Crippen molar-refractivity contribution in [3.05, 3.63) is 70.7 Å². The minimum absolute atomic E-state index is 0.0925. The molecule has 1 aliphatic rings. The summed E-state index contributed by atoms with van der Waals surface area (Å²) in [6, 6.07) is 11.4. The Balaban J connectivity index is 1.92. The van der Waals surface area contributed by atoms with Gasteiger partial charge in [-0.25, -0.2) is 4.39 Å². The van der Waals surface area contributed by atoms with Gasteiger partial charge in [-0.05, 0) is 75.1 Å². The summed E-state index contributed by atoms with van der Waals surface area (Å²) in [7, 11) is 0. The smallest absolute Gasteiger partial charge is 0.278 e. The van der Waals surface area contributed by atoms with Crippen LogP contribution in [0, 0.1) is 19.7 Å². The highest BCUT2D eigenvalue weighted by Crippen LogP contribution is 2.31. The SMILES string of the molecule is Cc1ccc(C2=C(Nc3ccc(F)cc3)C(=O)N(CCCOC(C)C)C2=O)cc1C. The summed E-state index contributed by atoms with van der Waals surface area (Å²) in [5.41, 5.74) is 3.90. The van der Waals surface area contributed by atoms with E-state index >= 15 is 0 Å². The molecule has 2 aromatic carbocycles.